The van der Waals surface area contributed by atoms with Crippen LogP contribution in [0, 0.1) is 5.92 Å². The predicted molar refractivity (Wildman–Crippen MR) is 38.0 cm³/mol. The molecule has 0 saturated heterocycles. The predicted octanol–water partition coefficient (Wildman–Crippen LogP) is 1.58. The van der Waals surface area contributed by atoms with Crippen molar-refractivity contribution >= 4 is 11.6 Å². The molecule has 0 unspecified atom stereocenters. The van der Waals surface area contributed by atoms with Gasteiger partial charge in [0.25, 0.3) is 0 Å². The van der Waals surface area contributed by atoms with E-state index in [1.165, 1.54) is 0 Å². The van der Waals surface area contributed by atoms with Crippen LogP contribution in [0.4, 0.5) is 8.78 Å². The summed E-state index contributed by atoms with van der Waals surface area (Å²) in [5.41, 5.74) is 0. The van der Waals surface area contributed by atoms with Gasteiger partial charge in [-0.25, -0.2) is 0 Å². The van der Waals surface area contributed by atoms with Gasteiger partial charge in [0, 0.05) is 12.8 Å². The maximum absolute atomic E-state index is 12.3. The zero-order valence-electron chi connectivity index (χ0n) is 6.77. The Labute approximate surface area is 68.9 Å². The molecule has 0 heterocycles. The maximum atomic E-state index is 12.3. The molecule has 68 valence electrons. The standard InChI is InChI=1S/C8H10F2O2/c1-8(9,10)7(12)4-6(11)5-2-3-5/h5H,2-4H2,1H3. The number of rotatable bonds is 4. The minimum Gasteiger partial charge on any atom is -0.299 e. The molecule has 1 saturated carbocycles. The van der Waals surface area contributed by atoms with Crippen LogP contribution in [0.2, 0.25) is 0 Å². The highest BCUT2D eigenvalue weighted by atomic mass is 19.3. The topological polar surface area (TPSA) is 34.1 Å². The summed E-state index contributed by atoms with van der Waals surface area (Å²) in [6.07, 6.45) is 0.900. The molecule has 0 amide bonds. The molecule has 0 atom stereocenters. The number of ketones is 2. The van der Waals surface area contributed by atoms with Crippen molar-refractivity contribution in [3.8, 4) is 0 Å². The summed E-state index contributed by atoms with van der Waals surface area (Å²) < 4.78 is 24.5. The molecular weight excluding hydrogens is 166 g/mol. The lowest BCUT2D eigenvalue weighted by atomic mass is 10.1. The van der Waals surface area contributed by atoms with E-state index in [1.807, 2.05) is 0 Å². The quantitative estimate of drug-likeness (QED) is 0.609. The Kier molecular flexibility index (Phi) is 2.26. The van der Waals surface area contributed by atoms with E-state index < -0.39 is 18.1 Å². The maximum Gasteiger partial charge on any atom is 0.302 e. The average Bonchev–Trinajstić information content (AvgIpc) is 2.65. The van der Waals surface area contributed by atoms with E-state index in [0.717, 1.165) is 12.8 Å². The Morgan fingerprint density at radius 2 is 1.92 bits per heavy atom. The number of carbonyl (C=O) groups is 2. The highest BCUT2D eigenvalue weighted by molar-refractivity contribution is 6.03. The fraction of sp³-hybridized carbons (Fsp3) is 0.750. The number of carbonyl (C=O) groups excluding carboxylic acids is 2. The Morgan fingerprint density at radius 3 is 2.25 bits per heavy atom. The Bertz CT molecular complexity index is 214. The van der Waals surface area contributed by atoms with Crippen LogP contribution < -0.4 is 0 Å². The van der Waals surface area contributed by atoms with E-state index in [0.29, 0.717) is 6.92 Å². The molecule has 0 aromatic rings. The van der Waals surface area contributed by atoms with Crippen molar-refractivity contribution in [3.63, 3.8) is 0 Å². The van der Waals surface area contributed by atoms with Crippen LogP contribution in [0.15, 0.2) is 0 Å². The lowest BCUT2D eigenvalue weighted by molar-refractivity contribution is -0.143. The van der Waals surface area contributed by atoms with Gasteiger partial charge < -0.3 is 0 Å². The third-order valence-electron chi connectivity index (χ3n) is 1.86. The van der Waals surface area contributed by atoms with E-state index in [2.05, 4.69) is 0 Å². The van der Waals surface area contributed by atoms with E-state index >= 15 is 0 Å². The summed E-state index contributed by atoms with van der Waals surface area (Å²) in [6, 6.07) is 0. The van der Waals surface area contributed by atoms with E-state index in [9.17, 15) is 18.4 Å². The Morgan fingerprint density at radius 1 is 1.42 bits per heavy atom. The summed E-state index contributed by atoms with van der Waals surface area (Å²) in [6.45, 7) is 0.523. The van der Waals surface area contributed by atoms with Crippen molar-refractivity contribution in [3.05, 3.63) is 0 Å². The second kappa shape index (κ2) is 2.92. The molecule has 2 nitrogen and oxygen atoms in total. The minimum atomic E-state index is -3.36. The normalized spacial score (nSPS) is 17.6. The lowest BCUT2D eigenvalue weighted by Gasteiger charge is -2.06. The smallest absolute Gasteiger partial charge is 0.299 e. The van der Waals surface area contributed by atoms with Crippen molar-refractivity contribution in [1.82, 2.24) is 0 Å². The fourth-order valence-corrected chi connectivity index (χ4v) is 0.863. The van der Waals surface area contributed by atoms with E-state index in [4.69, 9.17) is 0 Å². The number of halogens is 2. The van der Waals surface area contributed by atoms with Crippen LogP contribution in [0.3, 0.4) is 0 Å². The SMILES string of the molecule is CC(F)(F)C(=O)CC(=O)C1CC1. The molecule has 0 spiro atoms. The Hall–Kier alpha value is -0.800. The zero-order valence-corrected chi connectivity index (χ0v) is 6.77. The summed E-state index contributed by atoms with van der Waals surface area (Å²) >= 11 is 0. The van der Waals surface area contributed by atoms with E-state index in [-0.39, 0.29) is 11.7 Å². The Balaban J connectivity index is 2.40. The molecule has 0 aromatic heterocycles. The third kappa shape index (κ3) is 2.36. The molecule has 4 heteroatoms. The lowest BCUT2D eigenvalue weighted by Crippen LogP contribution is -2.27. The molecule has 1 fully saturated rings. The van der Waals surface area contributed by atoms with Crippen molar-refractivity contribution < 1.29 is 18.4 Å². The monoisotopic (exact) mass is 176 g/mol. The summed E-state index contributed by atoms with van der Waals surface area (Å²) in [5.74, 6) is -5.07. The van der Waals surface area contributed by atoms with E-state index in [1.54, 1.807) is 0 Å². The molecule has 1 rings (SSSR count). The van der Waals surface area contributed by atoms with Gasteiger partial charge in [0.2, 0.25) is 5.78 Å². The fourth-order valence-electron chi connectivity index (χ4n) is 0.863. The van der Waals surface area contributed by atoms with Crippen LogP contribution >= 0.6 is 0 Å². The summed E-state index contributed by atoms with van der Waals surface area (Å²) in [4.78, 5) is 21.5. The summed E-state index contributed by atoms with van der Waals surface area (Å²) in [7, 11) is 0. The number of hydrogen-bond acceptors (Lipinski definition) is 2. The van der Waals surface area contributed by atoms with Crippen LogP contribution in [-0.4, -0.2) is 17.5 Å². The highest BCUT2D eigenvalue weighted by Crippen LogP contribution is 2.31. The molecule has 0 radical (unpaired) electrons. The van der Waals surface area contributed by atoms with Crippen LogP contribution in [-0.2, 0) is 9.59 Å². The molecule has 0 aromatic carbocycles. The van der Waals surface area contributed by atoms with Gasteiger partial charge in [-0.05, 0) is 12.8 Å². The summed E-state index contributed by atoms with van der Waals surface area (Å²) in [5, 5.41) is 0. The van der Waals surface area contributed by atoms with Gasteiger partial charge in [0.1, 0.15) is 5.78 Å². The van der Waals surface area contributed by atoms with Crippen LogP contribution in [0.1, 0.15) is 26.2 Å². The highest BCUT2D eigenvalue weighted by Gasteiger charge is 2.37. The molecule has 1 aliphatic rings. The van der Waals surface area contributed by atoms with Crippen molar-refractivity contribution in [2.45, 2.75) is 32.1 Å². The first-order chi connectivity index (χ1) is 5.41. The van der Waals surface area contributed by atoms with Gasteiger partial charge in [-0.2, -0.15) is 8.78 Å². The number of alkyl halides is 2. The molecular formula is C8H10F2O2. The molecule has 12 heavy (non-hydrogen) atoms. The van der Waals surface area contributed by atoms with Crippen molar-refractivity contribution in [2.75, 3.05) is 0 Å². The first kappa shape index (κ1) is 9.29. The number of hydrogen-bond donors (Lipinski definition) is 0. The molecule has 0 bridgehead atoms. The van der Waals surface area contributed by atoms with Crippen LogP contribution in [0.25, 0.3) is 0 Å². The van der Waals surface area contributed by atoms with Gasteiger partial charge in [0.05, 0.1) is 6.42 Å². The second-order valence-electron chi connectivity index (χ2n) is 3.23. The third-order valence-corrected chi connectivity index (χ3v) is 1.86. The van der Waals surface area contributed by atoms with Crippen molar-refractivity contribution in [2.24, 2.45) is 5.92 Å². The molecule has 1 aliphatic carbocycles. The molecule has 0 N–H and O–H groups in total. The average molecular weight is 176 g/mol. The molecule has 0 aliphatic heterocycles. The largest absolute Gasteiger partial charge is 0.302 e. The van der Waals surface area contributed by atoms with Gasteiger partial charge in [-0.1, -0.05) is 0 Å². The minimum absolute atomic E-state index is 0.115. The first-order valence-electron chi connectivity index (χ1n) is 3.85. The second-order valence-corrected chi connectivity index (χ2v) is 3.23. The first-order valence-corrected chi connectivity index (χ1v) is 3.85. The van der Waals surface area contributed by atoms with Gasteiger partial charge in [0.15, 0.2) is 0 Å². The van der Waals surface area contributed by atoms with Crippen molar-refractivity contribution in [1.29, 1.82) is 0 Å². The zero-order chi connectivity index (χ0) is 9.35. The van der Waals surface area contributed by atoms with Gasteiger partial charge in [-0.15, -0.1) is 0 Å². The van der Waals surface area contributed by atoms with Crippen LogP contribution in [0.5, 0.6) is 0 Å². The van der Waals surface area contributed by atoms with Gasteiger partial charge >= 0.3 is 5.92 Å². The number of Topliss-reactive ketones (excluding diaryl/α,β-unsaturated/α-hetero) is 2. The van der Waals surface area contributed by atoms with Gasteiger partial charge in [-0.3, -0.25) is 9.59 Å².